The monoisotopic (exact) mass is 360 g/mol. The molecule has 0 aliphatic heterocycles. The Labute approximate surface area is 155 Å². The molecule has 0 atom stereocenters. The lowest BCUT2D eigenvalue weighted by atomic mass is 10.1. The molecule has 25 heavy (non-hydrogen) atoms. The largest absolute Gasteiger partial charge is 0.463 e. The van der Waals surface area contributed by atoms with Gasteiger partial charge in [0.2, 0.25) is 0 Å². The molecule has 3 nitrogen and oxygen atoms in total. The molecule has 0 amide bonds. The second-order valence-electron chi connectivity index (χ2n) is 5.80. The Morgan fingerprint density at radius 1 is 1.16 bits per heavy atom. The van der Waals surface area contributed by atoms with E-state index in [4.69, 9.17) is 9.47 Å². The van der Waals surface area contributed by atoms with Crippen molar-refractivity contribution in [3.63, 3.8) is 0 Å². The average Bonchev–Trinajstić information content (AvgIpc) is 2.80. The van der Waals surface area contributed by atoms with Crippen LogP contribution in [-0.2, 0) is 20.9 Å². The molecule has 1 heterocycles. The predicted molar refractivity (Wildman–Crippen MR) is 107 cm³/mol. The number of hydrogen-bond donors (Lipinski definition) is 0. The summed E-state index contributed by atoms with van der Waals surface area (Å²) < 4.78 is 10.1. The smallest absolute Gasteiger partial charge is 0.330 e. The second-order valence-corrected chi connectivity index (χ2v) is 7.11. The minimum atomic E-state index is -0.305. The standard InChI is InChI=1S/C21H28O3S/c1-7-24-21(22)13-16(3)10-8-9-15(2)11-12-19-17(4)20(14-23-6)25-18(19)5/h8-13H,7,14H2,1-6H3/b10-8?,12-11?,15-9?,16-13+. The van der Waals surface area contributed by atoms with Gasteiger partial charge in [0.25, 0.3) is 0 Å². The molecular weight excluding hydrogens is 332 g/mol. The lowest BCUT2D eigenvalue weighted by Crippen LogP contribution is -1.99. The van der Waals surface area contributed by atoms with Crippen LogP contribution in [0.4, 0.5) is 0 Å². The van der Waals surface area contributed by atoms with Crippen molar-refractivity contribution >= 4 is 23.4 Å². The summed E-state index contributed by atoms with van der Waals surface area (Å²) in [5.74, 6) is -0.305. The van der Waals surface area contributed by atoms with Gasteiger partial charge in [0.05, 0.1) is 13.2 Å². The van der Waals surface area contributed by atoms with Gasteiger partial charge in [0.15, 0.2) is 0 Å². The molecule has 0 N–H and O–H groups in total. The number of allylic oxidation sites excluding steroid dienone is 6. The number of hydrogen-bond acceptors (Lipinski definition) is 4. The number of esters is 1. The zero-order valence-corrected chi connectivity index (χ0v) is 16.8. The minimum absolute atomic E-state index is 0.305. The molecular formula is C21H28O3S. The van der Waals surface area contributed by atoms with E-state index in [9.17, 15) is 4.79 Å². The predicted octanol–water partition coefficient (Wildman–Crippen LogP) is 5.54. The number of ether oxygens (including phenoxy) is 2. The van der Waals surface area contributed by atoms with Gasteiger partial charge in [-0.05, 0) is 51.3 Å². The molecule has 0 bridgehead atoms. The van der Waals surface area contributed by atoms with E-state index in [2.05, 4.69) is 32.9 Å². The average molecular weight is 361 g/mol. The fraction of sp³-hybridized carbons (Fsp3) is 0.381. The summed E-state index contributed by atoms with van der Waals surface area (Å²) in [5.41, 5.74) is 4.56. The summed E-state index contributed by atoms with van der Waals surface area (Å²) in [6.07, 6.45) is 11.6. The lowest BCUT2D eigenvalue weighted by Gasteiger charge is -1.98. The minimum Gasteiger partial charge on any atom is -0.463 e. The summed E-state index contributed by atoms with van der Waals surface area (Å²) in [7, 11) is 1.72. The molecule has 0 unspecified atom stereocenters. The Hall–Kier alpha value is -1.91. The second kappa shape index (κ2) is 10.9. The van der Waals surface area contributed by atoms with E-state index in [1.165, 1.54) is 27.0 Å². The van der Waals surface area contributed by atoms with Gasteiger partial charge in [-0.2, -0.15) is 0 Å². The van der Waals surface area contributed by atoms with E-state index in [1.807, 2.05) is 25.2 Å². The van der Waals surface area contributed by atoms with Crippen LogP contribution in [0.25, 0.3) is 6.08 Å². The van der Waals surface area contributed by atoms with Crippen LogP contribution in [0, 0.1) is 13.8 Å². The molecule has 0 saturated heterocycles. The molecule has 1 rings (SSSR count). The third-order valence-electron chi connectivity index (χ3n) is 3.62. The SMILES string of the molecule is CCOC(=O)/C=C(\C)C=CC=C(C)C=Cc1c(C)sc(COC)c1C. The highest BCUT2D eigenvalue weighted by atomic mass is 32.1. The van der Waals surface area contributed by atoms with Gasteiger partial charge in [-0.25, -0.2) is 4.79 Å². The fourth-order valence-corrected chi connectivity index (χ4v) is 3.42. The first kappa shape index (κ1) is 21.1. The molecule has 0 fully saturated rings. The number of methoxy groups -OCH3 is 1. The third-order valence-corrected chi connectivity index (χ3v) is 4.81. The van der Waals surface area contributed by atoms with Crippen LogP contribution in [0.2, 0.25) is 0 Å². The Morgan fingerprint density at radius 3 is 2.52 bits per heavy atom. The number of carbonyl (C=O) groups is 1. The molecule has 4 heteroatoms. The van der Waals surface area contributed by atoms with Gasteiger partial charge in [-0.15, -0.1) is 11.3 Å². The van der Waals surface area contributed by atoms with Crippen LogP contribution in [0.5, 0.6) is 0 Å². The molecule has 136 valence electrons. The van der Waals surface area contributed by atoms with Gasteiger partial charge < -0.3 is 9.47 Å². The number of carbonyl (C=O) groups excluding carboxylic acids is 1. The van der Waals surface area contributed by atoms with Crippen LogP contribution in [0.1, 0.15) is 41.7 Å². The Bertz CT molecular complexity index is 703. The van der Waals surface area contributed by atoms with E-state index in [0.717, 1.165) is 11.1 Å². The summed E-state index contributed by atoms with van der Waals surface area (Å²) >= 11 is 1.79. The zero-order chi connectivity index (χ0) is 18.8. The molecule has 0 aliphatic carbocycles. The lowest BCUT2D eigenvalue weighted by molar-refractivity contribution is -0.137. The first-order chi connectivity index (χ1) is 11.9. The molecule has 0 saturated carbocycles. The number of rotatable bonds is 8. The van der Waals surface area contributed by atoms with Crippen molar-refractivity contribution in [1.82, 2.24) is 0 Å². The Balaban J connectivity index is 2.77. The van der Waals surface area contributed by atoms with Crippen LogP contribution >= 0.6 is 11.3 Å². The summed E-state index contributed by atoms with van der Waals surface area (Å²) in [5, 5.41) is 0. The maximum Gasteiger partial charge on any atom is 0.330 e. The Morgan fingerprint density at radius 2 is 1.88 bits per heavy atom. The van der Waals surface area contributed by atoms with Gasteiger partial charge in [-0.3, -0.25) is 0 Å². The quantitative estimate of drug-likeness (QED) is 0.347. The molecule has 0 spiro atoms. The molecule has 0 aromatic carbocycles. The third kappa shape index (κ3) is 7.24. The van der Waals surface area contributed by atoms with Crippen LogP contribution in [0.3, 0.4) is 0 Å². The summed E-state index contributed by atoms with van der Waals surface area (Å²) in [4.78, 5) is 13.9. The van der Waals surface area contributed by atoms with E-state index in [-0.39, 0.29) is 5.97 Å². The van der Waals surface area contributed by atoms with Gasteiger partial charge in [0.1, 0.15) is 0 Å². The first-order valence-corrected chi connectivity index (χ1v) is 9.16. The van der Waals surface area contributed by atoms with E-state index >= 15 is 0 Å². The highest BCUT2D eigenvalue weighted by molar-refractivity contribution is 7.12. The van der Waals surface area contributed by atoms with Crippen molar-refractivity contribution < 1.29 is 14.3 Å². The fourth-order valence-electron chi connectivity index (χ4n) is 2.28. The van der Waals surface area contributed by atoms with Crippen molar-refractivity contribution in [2.24, 2.45) is 0 Å². The maximum atomic E-state index is 11.4. The molecule has 1 aromatic heterocycles. The highest BCUT2D eigenvalue weighted by Gasteiger charge is 2.09. The van der Waals surface area contributed by atoms with Crippen molar-refractivity contribution in [3.8, 4) is 0 Å². The van der Waals surface area contributed by atoms with E-state index in [0.29, 0.717) is 13.2 Å². The Kier molecular flexibility index (Phi) is 9.17. The van der Waals surface area contributed by atoms with E-state index < -0.39 is 0 Å². The van der Waals surface area contributed by atoms with Gasteiger partial charge in [-0.1, -0.05) is 36.0 Å². The molecule has 0 aliphatic rings. The normalized spacial score (nSPS) is 13.2. The molecule has 0 radical (unpaired) electrons. The van der Waals surface area contributed by atoms with Crippen molar-refractivity contribution in [3.05, 3.63) is 62.4 Å². The number of aryl methyl sites for hydroxylation is 1. The van der Waals surface area contributed by atoms with Crippen LogP contribution in [0.15, 0.2) is 41.5 Å². The molecule has 1 aromatic rings. The van der Waals surface area contributed by atoms with Crippen molar-refractivity contribution in [2.75, 3.05) is 13.7 Å². The number of thiophene rings is 1. The first-order valence-electron chi connectivity index (χ1n) is 8.34. The summed E-state index contributed by atoms with van der Waals surface area (Å²) in [6.45, 7) is 11.1. The van der Waals surface area contributed by atoms with Gasteiger partial charge >= 0.3 is 5.97 Å². The van der Waals surface area contributed by atoms with Crippen LogP contribution in [-0.4, -0.2) is 19.7 Å². The maximum absolute atomic E-state index is 11.4. The van der Waals surface area contributed by atoms with Crippen molar-refractivity contribution in [1.29, 1.82) is 0 Å². The summed E-state index contributed by atoms with van der Waals surface area (Å²) in [6, 6.07) is 0. The van der Waals surface area contributed by atoms with Crippen LogP contribution < -0.4 is 0 Å². The van der Waals surface area contributed by atoms with Gasteiger partial charge in [0, 0.05) is 22.9 Å². The van der Waals surface area contributed by atoms with E-state index in [1.54, 1.807) is 25.4 Å². The van der Waals surface area contributed by atoms with Crippen molar-refractivity contribution in [2.45, 2.75) is 41.2 Å². The highest BCUT2D eigenvalue weighted by Crippen LogP contribution is 2.29. The topological polar surface area (TPSA) is 35.5 Å². The zero-order valence-electron chi connectivity index (χ0n) is 16.0.